The van der Waals surface area contributed by atoms with Crippen molar-refractivity contribution in [1.29, 1.82) is 0 Å². The van der Waals surface area contributed by atoms with Crippen molar-refractivity contribution in [2.45, 2.75) is 6.92 Å². The van der Waals surface area contributed by atoms with E-state index >= 15 is 0 Å². The van der Waals surface area contributed by atoms with Gasteiger partial charge in [-0.05, 0) is 12.5 Å². The molecule has 0 aliphatic rings. The molecule has 0 aliphatic heterocycles. The van der Waals surface area contributed by atoms with Crippen molar-refractivity contribution in [3.8, 4) is 0 Å². The average Bonchev–Trinajstić information content (AvgIpc) is 2.16. The molecule has 0 saturated heterocycles. The van der Waals surface area contributed by atoms with E-state index in [0.29, 0.717) is 0 Å². The molecule has 1 aromatic carbocycles. The zero-order chi connectivity index (χ0) is 11.6. The molecule has 0 N–H and O–H groups in total. The lowest BCUT2D eigenvalue weighted by atomic mass is 10.1. The van der Waals surface area contributed by atoms with Gasteiger partial charge in [0.15, 0.2) is 0 Å². The Bertz CT molecular complexity index is 435. The van der Waals surface area contributed by atoms with Gasteiger partial charge in [-0.15, -0.1) is 0 Å². The quantitative estimate of drug-likeness (QED) is 0.581. The van der Waals surface area contributed by atoms with Crippen LogP contribution in [0.15, 0.2) is 12.1 Å². The fourth-order valence-corrected chi connectivity index (χ4v) is 1.17. The Morgan fingerprint density at radius 1 is 1.60 bits per heavy atom. The average molecular weight is 234 g/mol. The predicted molar refractivity (Wildman–Crippen MR) is 49.1 cm³/mol. The molecule has 0 aromatic heterocycles. The van der Waals surface area contributed by atoms with E-state index in [-0.39, 0.29) is 5.56 Å². The highest BCUT2D eigenvalue weighted by Crippen LogP contribution is 2.24. The van der Waals surface area contributed by atoms with Gasteiger partial charge >= 0.3 is 11.7 Å². The van der Waals surface area contributed by atoms with Gasteiger partial charge in [-0.3, -0.25) is 10.1 Å². The molecule has 80 valence electrons. The van der Waals surface area contributed by atoms with E-state index in [1.165, 1.54) is 13.0 Å². The highest BCUT2D eigenvalue weighted by molar-refractivity contribution is 6.16. The first-order valence-electron chi connectivity index (χ1n) is 3.75. The van der Waals surface area contributed by atoms with Crippen molar-refractivity contribution in [3.63, 3.8) is 0 Å². The second-order valence-electron chi connectivity index (χ2n) is 2.71. The number of carbonyl (C=O) groups excluding carboxylic acids is 1. The first kappa shape index (κ1) is 11.4. The Kier molecular flexibility index (Phi) is 3.21. The SMILES string of the molecule is Cc1ccc([N+](=O)[O-])c(F)c1C(=O)OCl. The van der Waals surface area contributed by atoms with Crippen LogP contribution >= 0.6 is 11.9 Å². The van der Waals surface area contributed by atoms with Crippen LogP contribution in [0.25, 0.3) is 0 Å². The molecule has 0 spiro atoms. The van der Waals surface area contributed by atoms with Gasteiger partial charge in [0.1, 0.15) is 17.4 Å². The topological polar surface area (TPSA) is 69.4 Å². The Labute approximate surface area is 88.7 Å². The minimum absolute atomic E-state index is 0.212. The van der Waals surface area contributed by atoms with E-state index in [0.717, 1.165) is 6.07 Å². The number of nitro groups is 1. The van der Waals surface area contributed by atoms with Crippen LogP contribution < -0.4 is 0 Å². The molecular formula is C8H5ClFNO4. The molecule has 0 amide bonds. The fourth-order valence-electron chi connectivity index (χ4n) is 1.09. The Hall–Kier alpha value is -1.69. The lowest BCUT2D eigenvalue weighted by Crippen LogP contribution is -2.07. The first-order chi connectivity index (χ1) is 6.99. The van der Waals surface area contributed by atoms with E-state index in [1.807, 2.05) is 0 Å². The number of nitro benzene ring substituents is 1. The maximum Gasteiger partial charge on any atom is 0.359 e. The lowest BCUT2D eigenvalue weighted by molar-refractivity contribution is -0.387. The summed E-state index contributed by atoms with van der Waals surface area (Å²) in [6.45, 7) is 1.41. The van der Waals surface area contributed by atoms with E-state index < -0.39 is 28.0 Å². The standard InChI is InChI=1S/C8H5ClFNO4/c1-4-2-3-5(11(13)14)7(10)6(4)8(12)15-9/h2-3H,1H3. The number of hydrogen-bond acceptors (Lipinski definition) is 4. The number of benzene rings is 1. The molecule has 0 bridgehead atoms. The van der Waals surface area contributed by atoms with Gasteiger partial charge in [0.05, 0.1) is 4.92 Å². The third-order valence-electron chi connectivity index (χ3n) is 1.80. The van der Waals surface area contributed by atoms with Gasteiger partial charge in [0.2, 0.25) is 5.82 Å². The second kappa shape index (κ2) is 4.22. The summed E-state index contributed by atoms with van der Waals surface area (Å²) < 4.78 is 17.2. The van der Waals surface area contributed by atoms with Crippen LogP contribution in [0.2, 0.25) is 0 Å². The van der Waals surface area contributed by atoms with Crippen LogP contribution in [0.3, 0.4) is 0 Å². The molecule has 5 nitrogen and oxygen atoms in total. The van der Waals surface area contributed by atoms with Crippen LogP contribution in [0.5, 0.6) is 0 Å². The van der Waals surface area contributed by atoms with Crippen LogP contribution in [-0.4, -0.2) is 10.9 Å². The molecule has 0 saturated carbocycles. The van der Waals surface area contributed by atoms with Crippen LogP contribution in [0.1, 0.15) is 15.9 Å². The zero-order valence-electron chi connectivity index (χ0n) is 7.49. The van der Waals surface area contributed by atoms with Crippen molar-refractivity contribution in [1.82, 2.24) is 0 Å². The smallest absolute Gasteiger partial charge is 0.343 e. The van der Waals surface area contributed by atoms with Crippen LogP contribution in [0.4, 0.5) is 10.1 Å². The molecule has 0 unspecified atom stereocenters. The van der Waals surface area contributed by atoms with E-state index in [1.54, 1.807) is 0 Å². The third-order valence-corrected chi connectivity index (χ3v) is 1.94. The van der Waals surface area contributed by atoms with E-state index in [2.05, 4.69) is 4.29 Å². The fraction of sp³-hybridized carbons (Fsp3) is 0.125. The molecule has 0 heterocycles. The minimum Gasteiger partial charge on any atom is -0.343 e. The normalized spacial score (nSPS) is 9.80. The summed E-state index contributed by atoms with van der Waals surface area (Å²) in [5, 5.41) is 10.4. The van der Waals surface area contributed by atoms with Crippen molar-refractivity contribution in [2.75, 3.05) is 0 Å². The van der Waals surface area contributed by atoms with Crippen molar-refractivity contribution in [2.24, 2.45) is 0 Å². The number of nitrogens with zero attached hydrogens (tertiary/aromatic N) is 1. The van der Waals surface area contributed by atoms with Gasteiger partial charge in [0, 0.05) is 6.07 Å². The van der Waals surface area contributed by atoms with Gasteiger partial charge < -0.3 is 4.29 Å². The lowest BCUT2D eigenvalue weighted by Gasteiger charge is -2.03. The summed E-state index contributed by atoms with van der Waals surface area (Å²) in [6.07, 6.45) is 0. The summed E-state index contributed by atoms with van der Waals surface area (Å²) in [7, 11) is 0. The second-order valence-corrected chi connectivity index (χ2v) is 2.87. The molecule has 15 heavy (non-hydrogen) atoms. The van der Waals surface area contributed by atoms with E-state index in [4.69, 9.17) is 11.9 Å². The number of aryl methyl sites for hydroxylation is 1. The van der Waals surface area contributed by atoms with Gasteiger partial charge in [-0.25, -0.2) is 4.79 Å². The summed E-state index contributed by atoms with van der Waals surface area (Å²) in [5.74, 6) is -2.40. The molecule has 0 aliphatic carbocycles. The number of halogens is 2. The minimum atomic E-state index is -1.24. The highest BCUT2D eigenvalue weighted by atomic mass is 35.5. The van der Waals surface area contributed by atoms with Crippen molar-refractivity contribution >= 4 is 23.5 Å². The predicted octanol–water partition coefficient (Wildman–Crippen LogP) is 2.35. The monoisotopic (exact) mass is 233 g/mol. The Morgan fingerprint density at radius 3 is 2.67 bits per heavy atom. The zero-order valence-corrected chi connectivity index (χ0v) is 8.25. The van der Waals surface area contributed by atoms with E-state index in [9.17, 15) is 19.3 Å². The molecule has 0 atom stereocenters. The summed E-state index contributed by atoms with van der Waals surface area (Å²) in [6, 6.07) is 2.21. The summed E-state index contributed by atoms with van der Waals surface area (Å²) in [5.41, 5.74) is -1.11. The van der Waals surface area contributed by atoms with Crippen LogP contribution in [-0.2, 0) is 4.29 Å². The number of carbonyl (C=O) groups is 1. The van der Waals surface area contributed by atoms with Gasteiger partial charge in [-0.1, -0.05) is 6.07 Å². The highest BCUT2D eigenvalue weighted by Gasteiger charge is 2.25. The van der Waals surface area contributed by atoms with Gasteiger partial charge in [-0.2, -0.15) is 4.39 Å². The van der Waals surface area contributed by atoms with Crippen LogP contribution in [0, 0.1) is 22.9 Å². The van der Waals surface area contributed by atoms with Gasteiger partial charge in [0.25, 0.3) is 0 Å². The number of rotatable bonds is 2. The molecule has 0 radical (unpaired) electrons. The van der Waals surface area contributed by atoms with Crippen molar-refractivity contribution < 1.29 is 18.4 Å². The molecular weight excluding hydrogens is 229 g/mol. The molecule has 1 aromatic rings. The van der Waals surface area contributed by atoms with Crippen molar-refractivity contribution in [3.05, 3.63) is 39.2 Å². The molecule has 0 fully saturated rings. The summed E-state index contributed by atoms with van der Waals surface area (Å²) >= 11 is 4.78. The largest absolute Gasteiger partial charge is 0.359 e. The maximum absolute atomic E-state index is 13.4. The number of hydrogen-bond donors (Lipinski definition) is 0. The Morgan fingerprint density at radius 2 is 2.20 bits per heavy atom. The molecule has 1 rings (SSSR count). The first-order valence-corrected chi connectivity index (χ1v) is 4.06. The third kappa shape index (κ3) is 2.04. The summed E-state index contributed by atoms with van der Waals surface area (Å²) in [4.78, 5) is 20.5. The Balaban J connectivity index is 3.43. The maximum atomic E-state index is 13.4. The molecule has 7 heteroatoms.